The van der Waals surface area contributed by atoms with Crippen molar-refractivity contribution in [2.75, 3.05) is 32.8 Å². The van der Waals surface area contributed by atoms with Gasteiger partial charge in [0.2, 0.25) is 10.0 Å². The van der Waals surface area contributed by atoms with E-state index < -0.39 is 28.5 Å². The molecule has 2 rings (SSSR count). The fraction of sp³-hybridized carbons (Fsp3) is 0.529. The lowest BCUT2D eigenvalue weighted by molar-refractivity contribution is -0.142. The topological polar surface area (TPSA) is 113 Å². The molecule has 2 N–H and O–H groups in total. The van der Waals surface area contributed by atoms with Crippen LogP contribution in [0.2, 0.25) is 0 Å². The molecule has 1 aliphatic rings. The molecule has 1 fully saturated rings. The van der Waals surface area contributed by atoms with Gasteiger partial charge in [0.05, 0.1) is 11.5 Å². The van der Waals surface area contributed by atoms with E-state index in [1.54, 1.807) is 6.07 Å². The highest BCUT2D eigenvalue weighted by atomic mass is 32.2. The molecule has 1 amide bonds. The number of carboxylic acids is 1. The van der Waals surface area contributed by atoms with Crippen LogP contribution >= 0.6 is 0 Å². The molecule has 0 atom stereocenters. The fourth-order valence-electron chi connectivity index (χ4n) is 2.73. The number of sulfonamides is 1. The normalized spacial score (nSPS) is 16.0. The maximum absolute atomic E-state index is 12.8. The first-order chi connectivity index (χ1) is 12.4. The number of hydrogen-bond acceptors (Lipinski definition) is 5. The highest BCUT2D eigenvalue weighted by Gasteiger charge is 2.25. The Labute approximate surface area is 153 Å². The van der Waals surface area contributed by atoms with Gasteiger partial charge in [-0.1, -0.05) is 18.9 Å². The van der Waals surface area contributed by atoms with Crippen molar-refractivity contribution in [3.05, 3.63) is 29.8 Å². The predicted octanol–water partition coefficient (Wildman–Crippen LogP) is 1.08. The first kappa shape index (κ1) is 20.3. The molecule has 1 aromatic carbocycles. The number of amides is 1. The zero-order valence-corrected chi connectivity index (χ0v) is 15.3. The molecular weight excluding hydrogens is 360 g/mol. The van der Waals surface area contributed by atoms with E-state index in [0.717, 1.165) is 25.7 Å². The highest BCUT2D eigenvalue weighted by molar-refractivity contribution is 7.89. The van der Waals surface area contributed by atoms with Gasteiger partial charge in [0.25, 0.3) is 5.91 Å². The Morgan fingerprint density at radius 3 is 2.50 bits per heavy atom. The Kier molecular flexibility index (Phi) is 7.55. The molecule has 0 radical (unpaired) electrons. The van der Waals surface area contributed by atoms with E-state index in [1.807, 2.05) is 0 Å². The maximum atomic E-state index is 12.8. The zero-order chi connectivity index (χ0) is 19.0. The number of nitrogens with one attached hydrogen (secondary N) is 1. The number of ether oxygens (including phenoxy) is 1. The van der Waals surface area contributed by atoms with Crippen LogP contribution in [0, 0.1) is 0 Å². The average Bonchev–Trinajstić information content (AvgIpc) is 2.91. The fourth-order valence-corrected chi connectivity index (χ4v) is 4.29. The Bertz CT molecular complexity index is 727. The molecule has 0 unspecified atom stereocenters. The SMILES string of the molecule is O=C(O)COCCNC(=O)c1cccc(S(=O)(=O)N2CCCCCC2)c1. The number of carbonyl (C=O) groups excluding carboxylic acids is 1. The zero-order valence-electron chi connectivity index (χ0n) is 14.5. The summed E-state index contributed by atoms with van der Waals surface area (Å²) in [4.78, 5) is 22.6. The molecule has 1 aliphatic heterocycles. The van der Waals surface area contributed by atoms with E-state index >= 15 is 0 Å². The lowest BCUT2D eigenvalue weighted by Gasteiger charge is -2.20. The van der Waals surface area contributed by atoms with Crippen molar-refractivity contribution in [3.63, 3.8) is 0 Å². The molecule has 8 nitrogen and oxygen atoms in total. The van der Waals surface area contributed by atoms with E-state index in [4.69, 9.17) is 9.84 Å². The van der Waals surface area contributed by atoms with Crippen LogP contribution in [-0.2, 0) is 19.6 Å². The second-order valence-corrected chi connectivity index (χ2v) is 7.99. The molecule has 0 aliphatic carbocycles. The first-order valence-electron chi connectivity index (χ1n) is 8.59. The largest absolute Gasteiger partial charge is 0.480 e. The van der Waals surface area contributed by atoms with Gasteiger partial charge in [0.1, 0.15) is 6.61 Å². The summed E-state index contributed by atoms with van der Waals surface area (Å²) >= 11 is 0. The number of aliphatic carboxylic acids is 1. The summed E-state index contributed by atoms with van der Waals surface area (Å²) in [5.74, 6) is -1.51. The van der Waals surface area contributed by atoms with E-state index in [1.165, 1.54) is 22.5 Å². The van der Waals surface area contributed by atoms with Gasteiger partial charge in [0, 0.05) is 25.2 Å². The Morgan fingerprint density at radius 2 is 1.85 bits per heavy atom. The van der Waals surface area contributed by atoms with Crippen LogP contribution < -0.4 is 5.32 Å². The molecule has 0 spiro atoms. The summed E-state index contributed by atoms with van der Waals surface area (Å²) in [7, 11) is -3.62. The van der Waals surface area contributed by atoms with Crippen LogP contribution in [0.25, 0.3) is 0 Å². The van der Waals surface area contributed by atoms with Crippen molar-refractivity contribution in [1.82, 2.24) is 9.62 Å². The number of carbonyl (C=O) groups is 2. The van der Waals surface area contributed by atoms with E-state index in [2.05, 4.69) is 5.32 Å². The summed E-state index contributed by atoms with van der Waals surface area (Å²) in [6.45, 7) is 0.762. The third kappa shape index (κ3) is 5.79. The minimum absolute atomic E-state index is 0.0593. The lowest BCUT2D eigenvalue weighted by Crippen LogP contribution is -2.32. The van der Waals surface area contributed by atoms with Gasteiger partial charge >= 0.3 is 5.97 Å². The first-order valence-corrected chi connectivity index (χ1v) is 10.0. The van der Waals surface area contributed by atoms with Gasteiger partial charge in [-0.15, -0.1) is 0 Å². The quantitative estimate of drug-likeness (QED) is 0.649. The second-order valence-electron chi connectivity index (χ2n) is 6.05. The Balaban J connectivity index is 1.99. The lowest BCUT2D eigenvalue weighted by atomic mass is 10.2. The number of rotatable bonds is 8. The third-order valence-corrected chi connectivity index (χ3v) is 5.95. The molecule has 1 heterocycles. The molecule has 1 aromatic rings. The summed E-state index contributed by atoms with van der Waals surface area (Å²) in [5.41, 5.74) is 0.235. The molecule has 1 saturated heterocycles. The van der Waals surface area contributed by atoms with Crippen molar-refractivity contribution < 1.29 is 27.9 Å². The monoisotopic (exact) mass is 384 g/mol. The van der Waals surface area contributed by atoms with Crippen molar-refractivity contribution >= 4 is 21.9 Å². The molecule has 0 saturated carbocycles. The van der Waals surface area contributed by atoms with Gasteiger partial charge in [-0.3, -0.25) is 4.79 Å². The van der Waals surface area contributed by atoms with E-state index in [9.17, 15) is 18.0 Å². The van der Waals surface area contributed by atoms with Gasteiger partial charge in [-0.25, -0.2) is 13.2 Å². The smallest absolute Gasteiger partial charge is 0.329 e. The summed E-state index contributed by atoms with van der Waals surface area (Å²) < 4.78 is 31.9. The molecule has 0 bridgehead atoms. The van der Waals surface area contributed by atoms with Crippen molar-refractivity contribution in [1.29, 1.82) is 0 Å². The summed E-state index contributed by atoms with van der Waals surface area (Å²) in [5, 5.41) is 11.0. The number of benzene rings is 1. The number of hydrogen-bond donors (Lipinski definition) is 2. The van der Waals surface area contributed by atoms with Crippen LogP contribution in [0.1, 0.15) is 36.0 Å². The van der Waals surface area contributed by atoms with Gasteiger partial charge in [-0.05, 0) is 31.0 Å². The van der Waals surface area contributed by atoms with Crippen molar-refractivity contribution in [3.8, 4) is 0 Å². The molecule has 0 aromatic heterocycles. The average molecular weight is 384 g/mol. The minimum Gasteiger partial charge on any atom is -0.480 e. The summed E-state index contributed by atoms with van der Waals surface area (Å²) in [6.07, 6.45) is 3.74. The third-order valence-electron chi connectivity index (χ3n) is 4.06. The predicted molar refractivity (Wildman–Crippen MR) is 94.5 cm³/mol. The molecule has 144 valence electrons. The molecule has 26 heavy (non-hydrogen) atoms. The van der Waals surface area contributed by atoms with Crippen LogP contribution in [0.3, 0.4) is 0 Å². The summed E-state index contributed by atoms with van der Waals surface area (Å²) in [6, 6.07) is 5.94. The minimum atomic E-state index is -3.62. The van der Waals surface area contributed by atoms with Crippen LogP contribution in [0.15, 0.2) is 29.2 Å². The van der Waals surface area contributed by atoms with Crippen LogP contribution in [-0.4, -0.2) is 62.6 Å². The van der Waals surface area contributed by atoms with Gasteiger partial charge in [-0.2, -0.15) is 4.31 Å². The van der Waals surface area contributed by atoms with Gasteiger partial charge < -0.3 is 15.2 Å². The standard InChI is InChI=1S/C17H24N2O6S/c20-16(21)13-25-11-8-18-17(22)14-6-5-7-15(12-14)26(23,24)19-9-3-1-2-4-10-19/h5-7,12H,1-4,8-11,13H2,(H,18,22)(H,20,21). The highest BCUT2D eigenvalue weighted by Crippen LogP contribution is 2.21. The number of carboxylic acid groups (broad SMARTS) is 1. The van der Waals surface area contributed by atoms with Gasteiger partial charge in [0.15, 0.2) is 0 Å². The second kappa shape index (κ2) is 9.65. The maximum Gasteiger partial charge on any atom is 0.329 e. The van der Waals surface area contributed by atoms with Crippen molar-refractivity contribution in [2.45, 2.75) is 30.6 Å². The van der Waals surface area contributed by atoms with Crippen molar-refractivity contribution in [2.24, 2.45) is 0 Å². The Morgan fingerprint density at radius 1 is 1.15 bits per heavy atom. The van der Waals surface area contributed by atoms with Crippen LogP contribution in [0.5, 0.6) is 0 Å². The molecular formula is C17H24N2O6S. The Hall–Kier alpha value is -1.97. The van der Waals surface area contributed by atoms with E-state index in [-0.39, 0.29) is 23.6 Å². The van der Waals surface area contributed by atoms with E-state index in [0.29, 0.717) is 13.1 Å². The number of nitrogens with zero attached hydrogens (tertiary/aromatic N) is 1. The molecule has 9 heteroatoms. The van der Waals surface area contributed by atoms with Crippen LogP contribution in [0.4, 0.5) is 0 Å².